The van der Waals surface area contributed by atoms with Crippen molar-refractivity contribution in [3.05, 3.63) is 53.6 Å². The van der Waals surface area contributed by atoms with Gasteiger partial charge in [-0.1, -0.05) is 56.4 Å². The molecule has 0 spiro atoms. The van der Waals surface area contributed by atoms with Crippen LogP contribution in [0.25, 0.3) is 0 Å². The van der Waals surface area contributed by atoms with Gasteiger partial charge in [-0.3, -0.25) is 19.2 Å². The van der Waals surface area contributed by atoms with Gasteiger partial charge in [0.2, 0.25) is 17.7 Å². The van der Waals surface area contributed by atoms with Gasteiger partial charge in [-0.15, -0.1) is 0 Å². The molecule has 2 aromatic rings. The van der Waals surface area contributed by atoms with Crippen molar-refractivity contribution in [3.8, 4) is 0 Å². The highest BCUT2D eigenvalue weighted by molar-refractivity contribution is 5.92. The third-order valence-electron chi connectivity index (χ3n) is 9.28. The second kappa shape index (κ2) is 21.3. The van der Waals surface area contributed by atoms with E-state index in [0.29, 0.717) is 25.8 Å². The van der Waals surface area contributed by atoms with Crippen molar-refractivity contribution in [2.75, 3.05) is 13.2 Å². The number of carbonyl (C=O) groups excluding carboxylic acids is 3. The van der Waals surface area contributed by atoms with Crippen molar-refractivity contribution in [2.45, 2.75) is 128 Å². The number of carboxylic acids is 1. The number of aliphatic carboxylic acids is 1. The molecule has 12 heteroatoms. The van der Waals surface area contributed by atoms with E-state index in [0.717, 1.165) is 75.7 Å². The number of imidazole rings is 1. The van der Waals surface area contributed by atoms with Crippen LogP contribution < -0.4 is 21.7 Å². The summed E-state index contributed by atoms with van der Waals surface area (Å²) in [4.78, 5) is 55.6. The number of benzene rings is 1. The normalized spacial score (nSPS) is 15.8. The van der Waals surface area contributed by atoms with Crippen molar-refractivity contribution >= 4 is 23.7 Å². The minimum absolute atomic E-state index is 0.0304. The van der Waals surface area contributed by atoms with E-state index in [2.05, 4.69) is 25.5 Å². The average molecular weight is 669 g/mol. The molecular formula is C36H56N6O6. The van der Waals surface area contributed by atoms with Gasteiger partial charge in [0.25, 0.3) is 0 Å². The van der Waals surface area contributed by atoms with E-state index in [9.17, 15) is 29.4 Å². The average Bonchev–Trinajstić information content (AvgIpc) is 3.45. The summed E-state index contributed by atoms with van der Waals surface area (Å²) in [6.07, 6.45) is 15.1. The zero-order valence-electron chi connectivity index (χ0n) is 28.5. The number of nitrogens with one attached hydrogen (secondary N) is 3. The molecule has 266 valence electrons. The molecule has 1 heterocycles. The van der Waals surface area contributed by atoms with E-state index in [4.69, 9.17) is 5.73 Å². The monoisotopic (exact) mass is 668 g/mol. The Morgan fingerprint density at radius 3 is 2.19 bits per heavy atom. The third-order valence-corrected chi connectivity index (χ3v) is 9.28. The highest BCUT2D eigenvalue weighted by atomic mass is 16.4. The van der Waals surface area contributed by atoms with Crippen LogP contribution in [0.5, 0.6) is 0 Å². The number of unbranched alkanes of at least 4 members (excludes halogenated alkanes) is 2. The number of aryl methyl sites for hydroxylation is 3. The summed E-state index contributed by atoms with van der Waals surface area (Å²) in [5.74, 6) is -1.51. The molecule has 1 unspecified atom stereocenters. The van der Waals surface area contributed by atoms with Gasteiger partial charge in [0.15, 0.2) is 0 Å². The molecule has 1 saturated carbocycles. The number of hydrogen-bond donors (Lipinski definition) is 6. The Labute approximate surface area is 284 Å². The molecule has 3 amide bonds. The van der Waals surface area contributed by atoms with Crippen LogP contribution in [0, 0.1) is 12.8 Å². The fraction of sp³-hybridized carbons (Fsp3) is 0.639. The summed E-state index contributed by atoms with van der Waals surface area (Å²) >= 11 is 0. The first-order valence-corrected chi connectivity index (χ1v) is 17.7. The molecule has 3 rings (SSSR count). The SMILES string of the molecule is Cc1nccn1CCCCc1ccc(CC(=O)N[C@@H](CO)C(=O)N[C@@H](CCCCN)C(=O)NC(CC(=O)O)C2CCCCCCC2)cc1. The number of aromatic nitrogens is 2. The molecule has 1 aliphatic carbocycles. The van der Waals surface area contributed by atoms with E-state index in [1.807, 2.05) is 37.4 Å². The van der Waals surface area contributed by atoms with Crippen LogP contribution in [0.2, 0.25) is 0 Å². The van der Waals surface area contributed by atoms with Gasteiger partial charge >= 0.3 is 5.97 Å². The Hall–Kier alpha value is -3.77. The zero-order chi connectivity index (χ0) is 34.7. The Balaban J connectivity index is 1.54. The lowest BCUT2D eigenvalue weighted by Crippen LogP contribution is -2.56. The maximum atomic E-state index is 13.5. The first-order valence-electron chi connectivity index (χ1n) is 17.7. The van der Waals surface area contributed by atoms with Gasteiger partial charge in [-0.05, 0) is 81.9 Å². The summed E-state index contributed by atoms with van der Waals surface area (Å²) in [6, 6.07) is 5.03. The number of aliphatic hydroxyl groups is 1. The van der Waals surface area contributed by atoms with Crippen LogP contribution in [-0.4, -0.2) is 74.7 Å². The molecular weight excluding hydrogens is 612 g/mol. The number of nitrogens with zero attached hydrogens (tertiary/aromatic N) is 2. The molecule has 0 saturated heterocycles. The standard InChI is InChI=1S/C36H56N6O6/c1-26-38-20-22-42(26)21-10-8-11-27-15-17-28(18-16-27)23-33(44)39-32(25-43)36(48)40-30(14-7-9-19-37)35(47)41-31(24-34(45)46)29-12-5-3-2-4-6-13-29/h15-18,20,22,29-32,43H,2-14,19,21,23-25,37H2,1H3,(H,39,44)(H,40,48)(H,41,47)(H,45,46)/t30-,31?,32-/m0/s1. The van der Waals surface area contributed by atoms with Crippen LogP contribution >= 0.6 is 0 Å². The number of rotatable bonds is 20. The minimum Gasteiger partial charge on any atom is -0.481 e. The summed E-state index contributed by atoms with van der Waals surface area (Å²) in [5.41, 5.74) is 7.61. The molecule has 48 heavy (non-hydrogen) atoms. The lowest BCUT2D eigenvalue weighted by atomic mass is 9.84. The smallest absolute Gasteiger partial charge is 0.305 e. The highest BCUT2D eigenvalue weighted by Crippen LogP contribution is 2.26. The quantitative estimate of drug-likeness (QED) is 0.116. The second-order valence-corrected chi connectivity index (χ2v) is 13.1. The van der Waals surface area contributed by atoms with Crippen LogP contribution in [0.3, 0.4) is 0 Å². The summed E-state index contributed by atoms with van der Waals surface area (Å²) in [6.45, 7) is 2.70. The first kappa shape index (κ1) is 38.7. The highest BCUT2D eigenvalue weighted by Gasteiger charge is 2.31. The summed E-state index contributed by atoms with van der Waals surface area (Å²) in [7, 11) is 0. The number of amides is 3. The Kier molecular flexibility index (Phi) is 17.1. The number of nitrogens with two attached hydrogens (primary N) is 1. The van der Waals surface area contributed by atoms with Gasteiger partial charge in [0, 0.05) is 25.0 Å². The fourth-order valence-electron chi connectivity index (χ4n) is 6.43. The van der Waals surface area contributed by atoms with Crippen molar-refractivity contribution in [1.82, 2.24) is 25.5 Å². The van der Waals surface area contributed by atoms with Gasteiger partial charge in [-0.2, -0.15) is 0 Å². The van der Waals surface area contributed by atoms with E-state index in [-0.39, 0.29) is 18.8 Å². The molecule has 0 aliphatic heterocycles. The lowest BCUT2D eigenvalue weighted by Gasteiger charge is -2.30. The maximum Gasteiger partial charge on any atom is 0.305 e. The third kappa shape index (κ3) is 13.8. The first-order chi connectivity index (χ1) is 23.2. The number of carbonyl (C=O) groups is 4. The molecule has 0 radical (unpaired) electrons. The van der Waals surface area contributed by atoms with Gasteiger partial charge in [0.1, 0.15) is 17.9 Å². The zero-order valence-corrected chi connectivity index (χ0v) is 28.5. The fourth-order valence-corrected chi connectivity index (χ4v) is 6.43. The van der Waals surface area contributed by atoms with Crippen LogP contribution in [-0.2, 0) is 38.6 Å². The van der Waals surface area contributed by atoms with Crippen LogP contribution in [0.15, 0.2) is 36.7 Å². The molecule has 7 N–H and O–H groups in total. The molecule has 1 aromatic heterocycles. The van der Waals surface area contributed by atoms with Crippen molar-refractivity contribution in [1.29, 1.82) is 0 Å². The second-order valence-electron chi connectivity index (χ2n) is 13.1. The lowest BCUT2D eigenvalue weighted by molar-refractivity contribution is -0.138. The number of aliphatic hydroxyl groups excluding tert-OH is 1. The van der Waals surface area contributed by atoms with Gasteiger partial charge < -0.3 is 36.5 Å². The Morgan fingerprint density at radius 1 is 0.896 bits per heavy atom. The predicted octanol–water partition coefficient (Wildman–Crippen LogP) is 3.17. The van der Waals surface area contributed by atoms with Crippen molar-refractivity contribution in [2.24, 2.45) is 11.7 Å². The summed E-state index contributed by atoms with van der Waals surface area (Å²) < 4.78 is 2.14. The van der Waals surface area contributed by atoms with Crippen molar-refractivity contribution in [3.63, 3.8) is 0 Å². The van der Waals surface area contributed by atoms with Crippen molar-refractivity contribution < 1.29 is 29.4 Å². The van der Waals surface area contributed by atoms with Gasteiger partial charge in [-0.25, -0.2) is 4.98 Å². The molecule has 1 aliphatic rings. The molecule has 0 bridgehead atoms. The van der Waals surface area contributed by atoms with E-state index >= 15 is 0 Å². The largest absolute Gasteiger partial charge is 0.481 e. The molecule has 3 atom stereocenters. The van der Waals surface area contributed by atoms with E-state index in [1.54, 1.807) is 6.20 Å². The molecule has 1 aromatic carbocycles. The maximum absolute atomic E-state index is 13.5. The van der Waals surface area contributed by atoms with Crippen LogP contribution in [0.1, 0.15) is 100 Å². The number of carboxylic acid groups (broad SMARTS) is 1. The minimum atomic E-state index is -1.25. The Morgan fingerprint density at radius 2 is 1.56 bits per heavy atom. The molecule has 1 fully saturated rings. The molecule has 12 nitrogen and oxygen atoms in total. The van der Waals surface area contributed by atoms with E-state index in [1.165, 1.54) is 12.0 Å². The predicted molar refractivity (Wildman–Crippen MR) is 184 cm³/mol. The topological polar surface area (TPSA) is 189 Å². The van der Waals surface area contributed by atoms with Gasteiger partial charge in [0.05, 0.1) is 19.4 Å². The van der Waals surface area contributed by atoms with Crippen LogP contribution in [0.4, 0.5) is 0 Å². The Bertz CT molecular complexity index is 1270. The number of hydrogen-bond acceptors (Lipinski definition) is 7. The summed E-state index contributed by atoms with van der Waals surface area (Å²) in [5, 5.41) is 27.8. The van der Waals surface area contributed by atoms with E-state index < -0.39 is 48.4 Å².